The molecule has 0 heterocycles. The summed E-state index contributed by atoms with van der Waals surface area (Å²) in [4.78, 5) is 17.9. The highest BCUT2D eigenvalue weighted by Crippen LogP contribution is 2.12. The van der Waals surface area contributed by atoms with E-state index in [2.05, 4.69) is 15.6 Å². The van der Waals surface area contributed by atoms with Crippen LogP contribution >= 0.6 is 24.0 Å². The van der Waals surface area contributed by atoms with E-state index in [4.69, 9.17) is 9.47 Å². The van der Waals surface area contributed by atoms with Gasteiger partial charge in [-0.1, -0.05) is 12.1 Å². The van der Waals surface area contributed by atoms with Crippen LogP contribution in [0.4, 0.5) is 0 Å². The number of hydrogen-bond donors (Lipinski definition) is 2. The molecule has 0 spiro atoms. The van der Waals surface area contributed by atoms with Crippen LogP contribution in [0.15, 0.2) is 29.3 Å². The minimum absolute atomic E-state index is 0. The Labute approximate surface area is 167 Å². The van der Waals surface area contributed by atoms with Crippen LogP contribution in [0.25, 0.3) is 0 Å². The minimum Gasteiger partial charge on any atom is -0.497 e. The van der Waals surface area contributed by atoms with E-state index < -0.39 is 0 Å². The maximum absolute atomic E-state index is 11.6. The summed E-state index contributed by atoms with van der Waals surface area (Å²) in [6.07, 6.45) is 0.388. The van der Waals surface area contributed by atoms with Crippen molar-refractivity contribution in [1.29, 1.82) is 0 Å². The average molecular weight is 464 g/mol. The smallest absolute Gasteiger partial charge is 0.221 e. The van der Waals surface area contributed by atoms with Crippen molar-refractivity contribution in [2.75, 3.05) is 48.0 Å². The number of hydrogen-bond acceptors (Lipinski definition) is 4. The summed E-state index contributed by atoms with van der Waals surface area (Å²) >= 11 is 0. The molecule has 1 rings (SSSR count). The van der Waals surface area contributed by atoms with Crippen molar-refractivity contribution >= 4 is 35.8 Å². The minimum atomic E-state index is -0.00666. The standard InChI is InChI=1S/C17H28N4O3.HI/c1-18-17(20-10-9-16(22)19-11-12-23-3)21(2)13-14-5-7-15(24-4)8-6-14;/h5-8H,9-13H2,1-4H3,(H,18,20)(H,19,22);1H. The number of amides is 1. The first kappa shape index (κ1) is 23.4. The summed E-state index contributed by atoms with van der Waals surface area (Å²) in [7, 11) is 6.94. The first-order valence-corrected chi connectivity index (χ1v) is 7.91. The van der Waals surface area contributed by atoms with Crippen molar-refractivity contribution in [3.63, 3.8) is 0 Å². The fraction of sp³-hybridized carbons (Fsp3) is 0.529. The first-order valence-electron chi connectivity index (χ1n) is 7.91. The van der Waals surface area contributed by atoms with Gasteiger partial charge in [-0.05, 0) is 17.7 Å². The van der Waals surface area contributed by atoms with Crippen molar-refractivity contribution < 1.29 is 14.3 Å². The average Bonchev–Trinajstić information content (AvgIpc) is 2.59. The maximum Gasteiger partial charge on any atom is 0.221 e. The lowest BCUT2D eigenvalue weighted by Crippen LogP contribution is -2.40. The molecule has 1 aromatic rings. The molecule has 0 unspecified atom stereocenters. The third-order valence-electron chi connectivity index (χ3n) is 3.42. The van der Waals surface area contributed by atoms with E-state index in [1.807, 2.05) is 36.2 Å². The molecule has 25 heavy (non-hydrogen) atoms. The number of guanidine groups is 1. The van der Waals surface area contributed by atoms with Crippen molar-refractivity contribution in [1.82, 2.24) is 15.5 Å². The highest BCUT2D eigenvalue weighted by molar-refractivity contribution is 14.0. The number of rotatable bonds is 9. The van der Waals surface area contributed by atoms with E-state index >= 15 is 0 Å². The zero-order valence-electron chi connectivity index (χ0n) is 15.4. The molecule has 0 aliphatic carbocycles. The van der Waals surface area contributed by atoms with Gasteiger partial charge in [-0.3, -0.25) is 9.79 Å². The normalized spacial score (nSPS) is 10.6. The Hall–Kier alpha value is -1.55. The summed E-state index contributed by atoms with van der Waals surface area (Å²) in [6.45, 7) is 2.29. The zero-order valence-corrected chi connectivity index (χ0v) is 17.7. The Morgan fingerprint density at radius 1 is 1.16 bits per heavy atom. The molecule has 142 valence electrons. The van der Waals surface area contributed by atoms with Gasteiger partial charge in [0, 0.05) is 47.3 Å². The number of nitrogens with one attached hydrogen (secondary N) is 2. The van der Waals surface area contributed by atoms with Crippen LogP contribution < -0.4 is 15.4 Å². The second kappa shape index (κ2) is 13.7. The highest BCUT2D eigenvalue weighted by atomic mass is 127. The molecule has 0 bridgehead atoms. The van der Waals surface area contributed by atoms with Gasteiger partial charge in [-0.2, -0.15) is 0 Å². The van der Waals surface area contributed by atoms with Crippen molar-refractivity contribution in [2.45, 2.75) is 13.0 Å². The number of carbonyl (C=O) groups excluding carboxylic acids is 1. The van der Waals surface area contributed by atoms with Gasteiger partial charge in [0.25, 0.3) is 0 Å². The lowest BCUT2D eigenvalue weighted by molar-refractivity contribution is -0.121. The van der Waals surface area contributed by atoms with Crippen LogP contribution in [-0.2, 0) is 16.1 Å². The van der Waals surface area contributed by atoms with Gasteiger partial charge in [0.15, 0.2) is 5.96 Å². The third kappa shape index (κ3) is 9.49. The molecule has 1 aromatic carbocycles. The second-order valence-electron chi connectivity index (χ2n) is 5.27. The van der Waals surface area contributed by atoms with Gasteiger partial charge in [-0.15, -0.1) is 24.0 Å². The fourth-order valence-corrected chi connectivity index (χ4v) is 2.13. The molecule has 2 N–H and O–H groups in total. The molecule has 0 radical (unpaired) electrons. The molecule has 0 saturated carbocycles. The van der Waals surface area contributed by atoms with Crippen LogP contribution in [-0.4, -0.2) is 64.8 Å². The number of ether oxygens (including phenoxy) is 2. The Morgan fingerprint density at radius 3 is 2.40 bits per heavy atom. The monoisotopic (exact) mass is 464 g/mol. The number of aliphatic imine (C=N–C) groups is 1. The Balaban J connectivity index is 0.00000576. The second-order valence-corrected chi connectivity index (χ2v) is 5.27. The van der Waals surface area contributed by atoms with E-state index in [0.29, 0.717) is 32.7 Å². The molecule has 0 fully saturated rings. The van der Waals surface area contributed by atoms with Crippen molar-refractivity contribution in [2.24, 2.45) is 4.99 Å². The number of methoxy groups -OCH3 is 2. The molecule has 0 saturated heterocycles. The van der Waals surface area contributed by atoms with Crippen LogP contribution in [0.1, 0.15) is 12.0 Å². The topological polar surface area (TPSA) is 75.2 Å². The van der Waals surface area contributed by atoms with Crippen LogP contribution in [0, 0.1) is 0 Å². The molecule has 0 aliphatic heterocycles. The lowest BCUT2D eigenvalue weighted by atomic mass is 10.2. The number of benzene rings is 1. The van der Waals surface area contributed by atoms with Gasteiger partial charge in [0.05, 0.1) is 13.7 Å². The Bertz CT molecular complexity index is 523. The van der Waals surface area contributed by atoms with E-state index in [1.54, 1.807) is 21.3 Å². The van der Waals surface area contributed by atoms with Crippen LogP contribution in [0.5, 0.6) is 5.75 Å². The molecule has 8 heteroatoms. The SMILES string of the molecule is CN=C(NCCC(=O)NCCOC)N(C)Cc1ccc(OC)cc1.I. The van der Waals surface area contributed by atoms with Gasteiger partial charge < -0.3 is 25.0 Å². The van der Waals surface area contributed by atoms with Gasteiger partial charge in [0.1, 0.15) is 5.75 Å². The molecule has 0 atom stereocenters. The largest absolute Gasteiger partial charge is 0.497 e. The Kier molecular flexibility index (Phi) is 12.9. The van der Waals surface area contributed by atoms with E-state index in [-0.39, 0.29) is 29.9 Å². The zero-order chi connectivity index (χ0) is 17.8. The van der Waals surface area contributed by atoms with Crippen molar-refractivity contribution in [3.05, 3.63) is 29.8 Å². The summed E-state index contributed by atoms with van der Waals surface area (Å²) in [6, 6.07) is 7.91. The third-order valence-corrected chi connectivity index (χ3v) is 3.42. The first-order chi connectivity index (χ1) is 11.6. The quantitative estimate of drug-likeness (QED) is 0.251. The van der Waals surface area contributed by atoms with Crippen LogP contribution in [0.3, 0.4) is 0 Å². The van der Waals surface area contributed by atoms with Gasteiger partial charge in [-0.25, -0.2) is 0 Å². The summed E-state index contributed by atoms with van der Waals surface area (Å²) in [5.41, 5.74) is 1.15. The summed E-state index contributed by atoms with van der Waals surface area (Å²) in [5, 5.41) is 5.98. The number of carbonyl (C=O) groups is 1. The predicted molar refractivity (Wildman–Crippen MR) is 111 cm³/mol. The molecule has 0 aliphatic rings. The molecular weight excluding hydrogens is 435 g/mol. The molecule has 0 aromatic heterocycles. The van der Waals surface area contributed by atoms with E-state index in [0.717, 1.165) is 17.3 Å². The van der Waals surface area contributed by atoms with Gasteiger partial charge >= 0.3 is 0 Å². The fourth-order valence-electron chi connectivity index (χ4n) is 2.13. The summed E-state index contributed by atoms with van der Waals surface area (Å²) in [5.74, 6) is 1.58. The number of halogens is 1. The maximum atomic E-state index is 11.6. The number of nitrogens with zero attached hydrogens (tertiary/aromatic N) is 2. The molecular formula is C17H29IN4O3. The van der Waals surface area contributed by atoms with Gasteiger partial charge in [0.2, 0.25) is 5.91 Å². The predicted octanol–water partition coefficient (Wildman–Crippen LogP) is 1.47. The Morgan fingerprint density at radius 2 is 1.84 bits per heavy atom. The lowest BCUT2D eigenvalue weighted by Gasteiger charge is -2.22. The van der Waals surface area contributed by atoms with E-state index in [9.17, 15) is 4.79 Å². The van der Waals surface area contributed by atoms with Crippen molar-refractivity contribution in [3.8, 4) is 5.75 Å². The van der Waals surface area contributed by atoms with Crippen LogP contribution in [0.2, 0.25) is 0 Å². The van der Waals surface area contributed by atoms with E-state index in [1.165, 1.54) is 0 Å². The summed E-state index contributed by atoms with van der Waals surface area (Å²) < 4.78 is 10.0. The molecule has 7 nitrogen and oxygen atoms in total. The highest BCUT2D eigenvalue weighted by Gasteiger charge is 2.08. The molecule has 1 amide bonds.